The average Bonchev–Trinajstić information content (AvgIpc) is 2.01. The van der Waals surface area contributed by atoms with E-state index in [4.69, 9.17) is 10.2 Å². The van der Waals surface area contributed by atoms with Crippen molar-refractivity contribution in [2.45, 2.75) is 18.2 Å². The highest BCUT2D eigenvalue weighted by Crippen LogP contribution is 2.18. The lowest BCUT2D eigenvalue weighted by molar-refractivity contribution is -0.133. The first-order valence-electron chi connectivity index (χ1n) is 4.13. The van der Waals surface area contributed by atoms with Gasteiger partial charge in [0.2, 0.25) is 5.91 Å². The molecule has 0 aromatic rings. The summed E-state index contributed by atoms with van der Waals surface area (Å²) < 4.78 is -0.642. The Morgan fingerprint density at radius 1 is 1.31 bits per heavy atom. The molecular formula is C8H16BrNO3. The Labute approximate surface area is 86.7 Å². The second-order valence-electron chi connectivity index (χ2n) is 3.21. The predicted octanol–water partition coefficient (Wildman–Crippen LogP) is -0.0269. The van der Waals surface area contributed by atoms with Crippen molar-refractivity contribution in [1.82, 2.24) is 4.90 Å². The Morgan fingerprint density at radius 3 is 1.92 bits per heavy atom. The van der Waals surface area contributed by atoms with E-state index < -0.39 is 4.32 Å². The second kappa shape index (κ2) is 5.57. The van der Waals surface area contributed by atoms with Crippen LogP contribution in [0, 0.1) is 0 Å². The molecule has 0 aromatic carbocycles. The first kappa shape index (κ1) is 12.9. The van der Waals surface area contributed by atoms with Gasteiger partial charge in [0.05, 0.1) is 17.5 Å². The van der Waals surface area contributed by atoms with Crippen molar-refractivity contribution in [1.29, 1.82) is 0 Å². The third kappa shape index (κ3) is 4.59. The van der Waals surface area contributed by atoms with Crippen LogP contribution in [0.5, 0.6) is 0 Å². The van der Waals surface area contributed by atoms with Gasteiger partial charge in [0.25, 0.3) is 0 Å². The first-order valence-corrected chi connectivity index (χ1v) is 4.92. The van der Waals surface area contributed by atoms with Gasteiger partial charge in [-0.05, 0) is 13.8 Å². The molecule has 0 atom stereocenters. The molecule has 1 amide bonds. The number of amides is 1. The molecule has 0 spiro atoms. The highest BCUT2D eigenvalue weighted by molar-refractivity contribution is 9.10. The lowest BCUT2D eigenvalue weighted by atomic mass is 10.2. The van der Waals surface area contributed by atoms with Crippen molar-refractivity contribution in [2.24, 2.45) is 0 Å². The van der Waals surface area contributed by atoms with Crippen LogP contribution in [0.15, 0.2) is 0 Å². The summed E-state index contributed by atoms with van der Waals surface area (Å²) >= 11 is 3.23. The van der Waals surface area contributed by atoms with Gasteiger partial charge in [-0.3, -0.25) is 4.79 Å². The van der Waals surface area contributed by atoms with E-state index >= 15 is 0 Å². The Hall–Kier alpha value is -0.130. The average molecular weight is 254 g/mol. The lowest BCUT2D eigenvalue weighted by Gasteiger charge is -2.27. The zero-order chi connectivity index (χ0) is 10.5. The van der Waals surface area contributed by atoms with Gasteiger partial charge in [-0.1, -0.05) is 15.9 Å². The third-order valence-electron chi connectivity index (χ3n) is 1.54. The van der Waals surface area contributed by atoms with Gasteiger partial charge in [0.1, 0.15) is 0 Å². The first-order chi connectivity index (χ1) is 5.93. The van der Waals surface area contributed by atoms with Crippen molar-refractivity contribution in [3.8, 4) is 0 Å². The summed E-state index contributed by atoms with van der Waals surface area (Å²) in [7, 11) is 0. The van der Waals surface area contributed by atoms with Crippen molar-refractivity contribution in [3.63, 3.8) is 0 Å². The maximum atomic E-state index is 11.6. The number of carbonyl (C=O) groups is 1. The van der Waals surface area contributed by atoms with E-state index in [1.54, 1.807) is 13.8 Å². The molecule has 5 heteroatoms. The Balaban J connectivity index is 4.27. The molecule has 2 N–H and O–H groups in total. The molecule has 0 fully saturated rings. The molecule has 4 nitrogen and oxygen atoms in total. The van der Waals surface area contributed by atoms with Gasteiger partial charge in [0.15, 0.2) is 0 Å². The number of halogens is 1. The van der Waals surface area contributed by atoms with Gasteiger partial charge in [-0.2, -0.15) is 0 Å². The summed E-state index contributed by atoms with van der Waals surface area (Å²) in [6.07, 6.45) is 0. The fraction of sp³-hybridized carbons (Fsp3) is 0.875. The Kier molecular flexibility index (Phi) is 5.51. The van der Waals surface area contributed by atoms with Gasteiger partial charge in [-0.15, -0.1) is 0 Å². The zero-order valence-corrected chi connectivity index (χ0v) is 9.54. The normalized spacial score (nSPS) is 11.5. The minimum absolute atomic E-state index is 0.0885. The molecule has 0 rings (SSSR count). The van der Waals surface area contributed by atoms with Crippen LogP contribution in [-0.4, -0.2) is 51.6 Å². The number of hydrogen-bond acceptors (Lipinski definition) is 3. The highest BCUT2D eigenvalue weighted by Gasteiger charge is 2.28. The summed E-state index contributed by atoms with van der Waals surface area (Å²) in [6.45, 7) is 3.81. The third-order valence-corrected chi connectivity index (χ3v) is 1.87. The van der Waals surface area contributed by atoms with Gasteiger partial charge in [0, 0.05) is 13.1 Å². The number of aliphatic hydroxyl groups excluding tert-OH is 2. The van der Waals surface area contributed by atoms with E-state index in [-0.39, 0.29) is 32.2 Å². The van der Waals surface area contributed by atoms with Crippen molar-refractivity contribution >= 4 is 21.8 Å². The zero-order valence-electron chi connectivity index (χ0n) is 7.96. The topological polar surface area (TPSA) is 60.8 Å². The van der Waals surface area contributed by atoms with Crippen LogP contribution in [0.25, 0.3) is 0 Å². The van der Waals surface area contributed by atoms with Crippen LogP contribution >= 0.6 is 15.9 Å². The van der Waals surface area contributed by atoms with E-state index in [2.05, 4.69) is 15.9 Å². The summed E-state index contributed by atoms with van der Waals surface area (Å²) in [5, 5.41) is 17.4. The SMILES string of the molecule is CC(C)(Br)C(=O)N(CCO)CCO. The largest absolute Gasteiger partial charge is 0.395 e. The van der Waals surface area contributed by atoms with E-state index in [0.717, 1.165) is 0 Å². The quantitative estimate of drug-likeness (QED) is 0.677. The van der Waals surface area contributed by atoms with Gasteiger partial charge in [-0.25, -0.2) is 0 Å². The summed E-state index contributed by atoms with van der Waals surface area (Å²) in [5.41, 5.74) is 0. The Morgan fingerprint density at radius 2 is 1.69 bits per heavy atom. The van der Waals surface area contributed by atoms with Gasteiger partial charge >= 0.3 is 0 Å². The number of hydrogen-bond donors (Lipinski definition) is 2. The van der Waals surface area contributed by atoms with Crippen LogP contribution < -0.4 is 0 Å². The highest BCUT2D eigenvalue weighted by atomic mass is 79.9. The van der Waals surface area contributed by atoms with Crippen LogP contribution in [-0.2, 0) is 4.79 Å². The van der Waals surface area contributed by atoms with Crippen LogP contribution in [0.3, 0.4) is 0 Å². The molecule has 0 saturated heterocycles. The van der Waals surface area contributed by atoms with Crippen molar-refractivity contribution in [2.75, 3.05) is 26.3 Å². The van der Waals surface area contributed by atoms with Crippen LogP contribution in [0.2, 0.25) is 0 Å². The molecule has 0 bridgehead atoms. The molecule has 0 radical (unpaired) electrons. The van der Waals surface area contributed by atoms with Crippen LogP contribution in [0.4, 0.5) is 0 Å². The minimum atomic E-state index is -0.642. The van der Waals surface area contributed by atoms with E-state index in [0.29, 0.717) is 0 Å². The van der Waals surface area contributed by atoms with E-state index in [9.17, 15) is 4.79 Å². The molecule has 0 aliphatic rings. The van der Waals surface area contributed by atoms with Crippen molar-refractivity contribution in [3.05, 3.63) is 0 Å². The summed E-state index contributed by atoms with van der Waals surface area (Å²) in [5.74, 6) is -0.129. The second-order valence-corrected chi connectivity index (χ2v) is 5.19. The van der Waals surface area contributed by atoms with Gasteiger partial charge < -0.3 is 15.1 Å². The maximum absolute atomic E-state index is 11.6. The molecule has 0 aliphatic carbocycles. The predicted molar refractivity (Wildman–Crippen MR) is 53.8 cm³/mol. The fourth-order valence-corrected chi connectivity index (χ4v) is 1.18. The Bertz CT molecular complexity index is 161. The van der Waals surface area contributed by atoms with Crippen molar-refractivity contribution < 1.29 is 15.0 Å². The fourth-order valence-electron chi connectivity index (χ4n) is 0.932. The molecule has 0 saturated carbocycles. The molecule has 0 unspecified atom stereocenters. The van der Waals surface area contributed by atoms with E-state index in [1.165, 1.54) is 4.90 Å². The number of nitrogens with zero attached hydrogens (tertiary/aromatic N) is 1. The smallest absolute Gasteiger partial charge is 0.239 e. The molecule has 0 aliphatic heterocycles. The molecular weight excluding hydrogens is 238 g/mol. The monoisotopic (exact) mass is 253 g/mol. The molecule has 0 aromatic heterocycles. The number of carbonyl (C=O) groups excluding carboxylic acids is 1. The minimum Gasteiger partial charge on any atom is -0.395 e. The molecule has 0 heterocycles. The summed E-state index contributed by atoms with van der Waals surface area (Å²) in [4.78, 5) is 13.0. The summed E-state index contributed by atoms with van der Waals surface area (Å²) in [6, 6.07) is 0. The van der Waals surface area contributed by atoms with E-state index in [1.807, 2.05) is 0 Å². The molecule has 78 valence electrons. The maximum Gasteiger partial charge on any atom is 0.239 e. The number of alkyl halides is 1. The number of rotatable bonds is 5. The lowest BCUT2D eigenvalue weighted by Crippen LogP contribution is -2.44. The molecule has 13 heavy (non-hydrogen) atoms. The number of aliphatic hydroxyl groups is 2. The van der Waals surface area contributed by atoms with Crippen LogP contribution in [0.1, 0.15) is 13.8 Å². The standard InChI is InChI=1S/C8H16BrNO3/c1-8(2,9)7(13)10(3-5-11)4-6-12/h11-12H,3-6H2,1-2H3.